The Labute approximate surface area is 236 Å². The summed E-state index contributed by atoms with van der Waals surface area (Å²) in [5.41, 5.74) is 5.86. The molecule has 1 saturated carbocycles. The van der Waals surface area contributed by atoms with Crippen molar-refractivity contribution in [2.45, 2.75) is 78.3 Å². The van der Waals surface area contributed by atoms with Gasteiger partial charge in [0.2, 0.25) is 0 Å². The lowest BCUT2D eigenvalue weighted by Crippen LogP contribution is -2.41. The van der Waals surface area contributed by atoms with E-state index in [1.807, 2.05) is 32.3 Å². The van der Waals surface area contributed by atoms with Gasteiger partial charge in [-0.3, -0.25) is 14.9 Å². The number of aromatic nitrogens is 1. The first-order chi connectivity index (χ1) is 18.9. The minimum Gasteiger partial charge on any atom is -0.342 e. The molecule has 0 spiro atoms. The van der Waals surface area contributed by atoms with Crippen LogP contribution in [0.5, 0.6) is 0 Å². The number of amidine groups is 1. The van der Waals surface area contributed by atoms with Gasteiger partial charge in [0.05, 0.1) is 11.9 Å². The lowest BCUT2D eigenvalue weighted by Gasteiger charge is -2.32. The summed E-state index contributed by atoms with van der Waals surface area (Å²) in [4.78, 5) is 16.2. The summed E-state index contributed by atoms with van der Waals surface area (Å²) >= 11 is 0. The Balaban J connectivity index is 1.73. The van der Waals surface area contributed by atoms with Crippen LogP contribution in [0.15, 0.2) is 70.4 Å². The molecule has 0 unspecified atom stereocenters. The summed E-state index contributed by atoms with van der Waals surface area (Å²) in [7, 11) is 4.09. The van der Waals surface area contributed by atoms with Crippen LogP contribution in [0.2, 0.25) is 0 Å². The molecule has 212 valence electrons. The molecule has 0 bridgehead atoms. The Morgan fingerprint density at radius 2 is 1.92 bits per heavy atom. The molecule has 0 atom stereocenters. The zero-order valence-electron chi connectivity index (χ0n) is 24.9. The standard InChI is InChI=1S/C32H49N7/c1-8-25(23(3)4)11-10-24(5)37-32(36-9-2)15-14-31(33-6)38-30-21-35-20-28(26-12-13-26)29(30)22-39(7)27-16-18-34-19-17-27/h8-11,15,20-21,23,26-27,34,37H,5,12-14,16-19,22H2,1-4,6-7H3,(H,33,38)/b11-10-,25-8+,32-15+,36-9-. The SMILES string of the molecule is C=C(/C=C\C(=C/C)C(C)C)NC(=C/CC(=NC)Nc1cncc(C2CC2)c1CN(C)C1CCNCC1)/N=C\C. The highest BCUT2D eigenvalue weighted by Crippen LogP contribution is 2.43. The Morgan fingerprint density at radius 3 is 2.54 bits per heavy atom. The fraction of sp³-hybridized carbons (Fsp3) is 0.531. The zero-order valence-corrected chi connectivity index (χ0v) is 24.9. The van der Waals surface area contributed by atoms with E-state index in [9.17, 15) is 0 Å². The number of hydrogen-bond donors (Lipinski definition) is 3. The second kappa shape index (κ2) is 15.5. The van der Waals surface area contributed by atoms with Gasteiger partial charge >= 0.3 is 0 Å². The Bertz CT molecular complexity index is 1100. The number of allylic oxidation sites excluding steroid dienone is 4. The minimum atomic E-state index is 0.467. The molecule has 0 amide bonds. The van der Waals surface area contributed by atoms with E-state index in [2.05, 4.69) is 88.6 Å². The van der Waals surface area contributed by atoms with Gasteiger partial charge in [-0.1, -0.05) is 32.6 Å². The van der Waals surface area contributed by atoms with Crippen LogP contribution < -0.4 is 16.0 Å². The zero-order chi connectivity index (χ0) is 28.2. The van der Waals surface area contributed by atoms with Crippen molar-refractivity contribution in [1.82, 2.24) is 20.5 Å². The van der Waals surface area contributed by atoms with Crippen molar-refractivity contribution >= 4 is 17.7 Å². The maximum Gasteiger partial charge on any atom is 0.126 e. The first-order valence-corrected chi connectivity index (χ1v) is 14.5. The topological polar surface area (TPSA) is 76.9 Å². The van der Waals surface area contributed by atoms with Crippen molar-refractivity contribution in [3.05, 3.63) is 71.5 Å². The number of piperidine rings is 1. The molecule has 0 radical (unpaired) electrons. The first-order valence-electron chi connectivity index (χ1n) is 14.5. The van der Waals surface area contributed by atoms with Crippen LogP contribution in [0.4, 0.5) is 5.69 Å². The summed E-state index contributed by atoms with van der Waals surface area (Å²) in [5.74, 6) is 2.72. The summed E-state index contributed by atoms with van der Waals surface area (Å²) in [6.45, 7) is 15.6. The van der Waals surface area contributed by atoms with Crippen molar-refractivity contribution in [3.63, 3.8) is 0 Å². The van der Waals surface area contributed by atoms with Crippen molar-refractivity contribution in [2.24, 2.45) is 15.9 Å². The number of pyridine rings is 1. The van der Waals surface area contributed by atoms with Crippen molar-refractivity contribution in [2.75, 3.05) is 32.5 Å². The molecular weight excluding hydrogens is 482 g/mol. The molecule has 2 aliphatic rings. The highest BCUT2D eigenvalue weighted by Gasteiger charge is 2.29. The quantitative estimate of drug-likeness (QED) is 0.161. The monoisotopic (exact) mass is 531 g/mol. The summed E-state index contributed by atoms with van der Waals surface area (Å²) in [5, 5.41) is 10.4. The molecule has 7 nitrogen and oxygen atoms in total. The third-order valence-electron chi connectivity index (χ3n) is 7.52. The van der Waals surface area contributed by atoms with Gasteiger partial charge in [-0.05, 0) is 100 Å². The van der Waals surface area contributed by atoms with E-state index in [4.69, 9.17) is 0 Å². The third kappa shape index (κ3) is 9.59. The van der Waals surface area contributed by atoms with E-state index >= 15 is 0 Å². The molecule has 1 aromatic heterocycles. The molecule has 1 aromatic rings. The number of aliphatic imine (C=N–C) groups is 2. The second-order valence-electron chi connectivity index (χ2n) is 10.8. The summed E-state index contributed by atoms with van der Waals surface area (Å²) < 4.78 is 0. The van der Waals surface area contributed by atoms with Crippen LogP contribution in [-0.2, 0) is 6.54 Å². The molecule has 7 heteroatoms. The van der Waals surface area contributed by atoms with E-state index in [1.54, 1.807) is 6.21 Å². The van der Waals surface area contributed by atoms with E-state index in [0.29, 0.717) is 24.3 Å². The van der Waals surface area contributed by atoms with Crippen LogP contribution in [0.25, 0.3) is 0 Å². The molecule has 39 heavy (non-hydrogen) atoms. The van der Waals surface area contributed by atoms with Crippen LogP contribution in [0.1, 0.15) is 76.8 Å². The fourth-order valence-electron chi connectivity index (χ4n) is 5.01. The van der Waals surface area contributed by atoms with Crippen LogP contribution in [-0.4, -0.2) is 55.2 Å². The average Bonchev–Trinajstić information content (AvgIpc) is 3.78. The molecule has 3 rings (SSSR count). The average molecular weight is 532 g/mol. The van der Waals surface area contributed by atoms with Gasteiger partial charge in [-0.2, -0.15) is 0 Å². The fourth-order valence-corrected chi connectivity index (χ4v) is 5.01. The molecule has 1 aliphatic heterocycles. The van der Waals surface area contributed by atoms with Crippen LogP contribution in [0.3, 0.4) is 0 Å². The normalized spacial score (nSPS) is 18.1. The number of rotatable bonds is 13. The van der Waals surface area contributed by atoms with Gasteiger partial charge in [-0.25, -0.2) is 4.99 Å². The third-order valence-corrected chi connectivity index (χ3v) is 7.52. The Kier molecular flexibility index (Phi) is 12.2. The van der Waals surface area contributed by atoms with Crippen molar-refractivity contribution < 1.29 is 0 Å². The van der Waals surface area contributed by atoms with Crippen LogP contribution >= 0.6 is 0 Å². The van der Waals surface area contributed by atoms with E-state index in [0.717, 1.165) is 42.7 Å². The lowest BCUT2D eigenvalue weighted by molar-refractivity contribution is 0.191. The minimum absolute atomic E-state index is 0.467. The number of anilines is 1. The Hall–Kier alpha value is -3.03. The maximum absolute atomic E-state index is 4.61. The van der Waals surface area contributed by atoms with E-state index in [-0.39, 0.29) is 0 Å². The van der Waals surface area contributed by atoms with Gasteiger partial charge in [-0.15, -0.1) is 0 Å². The number of hydrogen-bond acceptors (Lipinski definition) is 6. The summed E-state index contributed by atoms with van der Waals surface area (Å²) in [6, 6.07) is 0.605. The molecule has 1 saturated heterocycles. The molecule has 0 aromatic carbocycles. The Morgan fingerprint density at radius 1 is 1.18 bits per heavy atom. The molecule has 2 heterocycles. The van der Waals surface area contributed by atoms with Crippen molar-refractivity contribution in [1.29, 1.82) is 0 Å². The first kappa shape index (κ1) is 30.5. The highest BCUT2D eigenvalue weighted by molar-refractivity contribution is 5.97. The smallest absolute Gasteiger partial charge is 0.126 e. The number of nitrogens with zero attached hydrogens (tertiary/aromatic N) is 4. The van der Waals surface area contributed by atoms with Gasteiger partial charge in [0.25, 0.3) is 0 Å². The highest BCUT2D eigenvalue weighted by atomic mass is 15.1. The molecule has 2 fully saturated rings. The van der Waals surface area contributed by atoms with Crippen LogP contribution in [0, 0.1) is 5.92 Å². The lowest BCUT2D eigenvalue weighted by atomic mass is 10.0. The van der Waals surface area contributed by atoms with Gasteiger partial charge < -0.3 is 16.0 Å². The van der Waals surface area contributed by atoms with E-state index in [1.165, 1.54) is 42.4 Å². The molecule has 1 aliphatic carbocycles. The predicted molar refractivity (Wildman–Crippen MR) is 167 cm³/mol. The second-order valence-corrected chi connectivity index (χ2v) is 10.8. The maximum atomic E-state index is 4.61. The van der Waals surface area contributed by atoms with Gasteiger partial charge in [0, 0.05) is 44.2 Å². The largest absolute Gasteiger partial charge is 0.342 e. The van der Waals surface area contributed by atoms with E-state index < -0.39 is 0 Å². The molecule has 3 N–H and O–H groups in total. The molecular formula is C32H49N7. The predicted octanol–water partition coefficient (Wildman–Crippen LogP) is 6.17. The number of nitrogens with one attached hydrogen (secondary N) is 3. The van der Waals surface area contributed by atoms with Crippen molar-refractivity contribution in [3.8, 4) is 0 Å². The van der Waals surface area contributed by atoms with Gasteiger partial charge in [0.1, 0.15) is 11.7 Å². The van der Waals surface area contributed by atoms with Gasteiger partial charge in [0.15, 0.2) is 0 Å². The summed E-state index contributed by atoms with van der Waals surface area (Å²) in [6.07, 6.45) is 19.6.